The molecule has 1 N–H and O–H groups in total. The van der Waals surface area contributed by atoms with Crippen LogP contribution in [0.2, 0.25) is 0 Å². The lowest BCUT2D eigenvalue weighted by Crippen LogP contribution is -2.20. The Kier molecular flexibility index (Phi) is 4.84. The van der Waals surface area contributed by atoms with Crippen LogP contribution >= 0.6 is 11.8 Å². The van der Waals surface area contributed by atoms with Crippen molar-refractivity contribution >= 4 is 28.3 Å². The van der Waals surface area contributed by atoms with Crippen molar-refractivity contribution in [3.63, 3.8) is 0 Å². The number of hydrogen-bond donors (Lipinski definition) is 1. The molecule has 0 saturated carbocycles. The highest BCUT2D eigenvalue weighted by Crippen LogP contribution is 2.26. The zero-order valence-corrected chi connectivity index (χ0v) is 14.4. The van der Waals surface area contributed by atoms with Crippen LogP contribution in [0.5, 0.6) is 0 Å². The van der Waals surface area contributed by atoms with Crippen molar-refractivity contribution < 1.29 is 9.84 Å². The average molecular weight is 331 g/mol. The summed E-state index contributed by atoms with van der Waals surface area (Å²) in [6.07, 6.45) is -0.401. The van der Waals surface area contributed by atoms with Gasteiger partial charge in [0.1, 0.15) is 0 Å². The maximum absolute atomic E-state index is 10.0. The van der Waals surface area contributed by atoms with E-state index in [0.29, 0.717) is 12.4 Å². The van der Waals surface area contributed by atoms with Gasteiger partial charge in [0.2, 0.25) is 0 Å². The lowest BCUT2D eigenvalue weighted by molar-refractivity contribution is 0.0152. The predicted octanol–water partition coefficient (Wildman–Crippen LogP) is 3.07. The molecule has 122 valence electrons. The fraction of sp³-hybridized carbons (Fsp3) is 0.412. The van der Waals surface area contributed by atoms with Crippen LogP contribution in [-0.2, 0) is 4.74 Å². The van der Waals surface area contributed by atoms with Crippen molar-refractivity contribution in [1.29, 1.82) is 0 Å². The third kappa shape index (κ3) is 3.49. The maximum Gasteiger partial charge on any atom is 0.196 e. The average Bonchev–Trinajstić information content (AvgIpc) is 2.94. The van der Waals surface area contributed by atoms with Gasteiger partial charge >= 0.3 is 0 Å². The Morgan fingerprint density at radius 3 is 2.83 bits per heavy atom. The molecule has 0 aliphatic carbocycles. The number of rotatable bonds is 6. The van der Waals surface area contributed by atoms with E-state index < -0.39 is 6.10 Å². The number of fused-ring (bicyclic) bond motifs is 3. The second kappa shape index (κ2) is 6.86. The lowest BCUT2D eigenvalue weighted by atomic mass is 10.1. The van der Waals surface area contributed by atoms with Gasteiger partial charge < -0.3 is 9.84 Å². The van der Waals surface area contributed by atoms with Gasteiger partial charge in [0.15, 0.2) is 10.8 Å². The van der Waals surface area contributed by atoms with Crippen LogP contribution in [0.4, 0.5) is 0 Å². The summed E-state index contributed by atoms with van der Waals surface area (Å²) in [5.74, 6) is 0.524. The van der Waals surface area contributed by atoms with Crippen molar-refractivity contribution in [2.45, 2.75) is 38.1 Å². The van der Waals surface area contributed by atoms with E-state index in [4.69, 9.17) is 4.74 Å². The number of nitrogens with zero attached hydrogens (tertiary/aromatic N) is 3. The Balaban J connectivity index is 1.86. The highest BCUT2D eigenvalue weighted by Gasteiger charge is 2.13. The molecular weight excluding hydrogens is 310 g/mol. The van der Waals surface area contributed by atoms with Gasteiger partial charge in [-0.2, -0.15) is 0 Å². The topological polar surface area (TPSA) is 59.7 Å². The number of aromatic nitrogens is 3. The summed E-state index contributed by atoms with van der Waals surface area (Å²) in [4.78, 5) is 0. The molecule has 0 saturated heterocycles. The molecule has 23 heavy (non-hydrogen) atoms. The predicted molar refractivity (Wildman–Crippen MR) is 93.0 cm³/mol. The monoisotopic (exact) mass is 331 g/mol. The number of benzene rings is 1. The number of thioether (sulfide) groups is 1. The molecule has 1 aromatic carbocycles. The van der Waals surface area contributed by atoms with Gasteiger partial charge in [-0.1, -0.05) is 30.0 Å². The van der Waals surface area contributed by atoms with Crippen molar-refractivity contribution in [1.82, 2.24) is 14.6 Å². The van der Waals surface area contributed by atoms with E-state index in [1.54, 1.807) is 0 Å². The third-order valence-corrected chi connectivity index (χ3v) is 4.67. The molecule has 2 aromatic heterocycles. The Morgan fingerprint density at radius 2 is 2.04 bits per heavy atom. The van der Waals surface area contributed by atoms with E-state index >= 15 is 0 Å². The van der Waals surface area contributed by atoms with Crippen molar-refractivity contribution in [2.24, 2.45) is 0 Å². The van der Waals surface area contributed by atoms with Gasteiger partial charge in [-0.3, -0.25) is 4.40 Å². The number of hydrogen-bond acceptors (Lipinski definition) is 5. The van der Waals surface area contributed by atoms with Gasteiger partial charge in [0, 0.05) is 11.1 Å². The summed E-state index contributed by atoms with van der Waals surface area (Å²) < 4.78 is 7.49. The summed E-state index contributed by atoms with van der Waals surface area (Å²) >= 11 is 1.50. The first-order chi connectivity index (χ1) is 11.1. The smallest absolute Gasteiger partial charge is 0.196 e. The van der Waals surface area contributed by atoms with Crippen LogP contribution in [0.3, 0.4) is 0 Å². The number of ether oxygens (including phenoxy) is 1. The van der Waals surface area contributed by atoms with Crippen molar-refractivity contribution in [2.75, 3.05) is 12.4 Å². The fourth-order valence-corrected chi connectivity index (χ4v) is 3.35. The van der Waals surface area contributed by atoms with E-state index in [-0.39, 0.29) is 6.10 Å². The highest BCUT2D eigenvalue weighted by molar-refractivity contribution is 7.99. The Bertz CT molecular complexity index is 816. The third-order valence-electron chi connectivity index (χ3n) is 3.60. The molecule has 0 aliphatic heterocycles. The van der Waals surface area contributed by atoms with Gasteiger partial charge in [0.25, 0.3) is 0 Å². The van der Waals surface area contributed by atoms with Crippen LogP contribution in [0.25, 0.3) is 16.6 Å². The van der Waals surface area contributed by atoms with E-state index in [2.05, 4.69) is 29.3 Å². The molecule has 3 aromatic rings. The first-order valence-electron chi connectivity index (χ1n) is 7.72. The molecule has 6 heteroatoms. The molecule has 0 radical (unpaired) electrons. The molecule has 3 rings (SSSR count). The molecular formula is C17H21N3O2S. The second-order valence-electron chi connectivity index (χ2n) is 5.87. The summed E-state index contributed by atoms with van der Waals surface area (Å²) in [7, 11) is 0. The molecule has 1 unspecified atom stereocenters. The van der Waals surface area contributed by atoms with E-state index in [1.165, 1.54) is 22.7 Å². The fourth-order valence-electron chi connectivity index (χ4n) is 2.49. The first-order valence-corrected chi connectivity index (χ1v) is 8.70. The highest BCUT2D eigenvalue weighted by atomic mass is 32.2. The second-order valence-corrected chi connectivity index (χ2v) is 6.85. The Labute approximate surface area is 139 Å². The summed E-state index contributed by atoms with van der Waals surface area (Å²) in [5, 5.41) is 20.5. The molecule has 0 aliphatic rings. The van der Waals surface area contributed by atoms with Gasteiger partial charge in [0.05, 0.1) is 24.3 Å². The number of aliphatic hydroxyl groups is 1. The van der Waals surface area contributed by atoms with E-state index in [1.807, 2.05) is 36.4 Å². The summed E-state index contributed by atoms with van der Waals surface area (Å²) in [6, 6.07) is 10.3. The zero-order chi connectivity index (χ0) is 16.4. The van der Waals surface area contributed by atoms with Gasteiger partial charge in [-0.05, 0) is 38.5 Å². The van der Waals surface area contributed by atoms with Gasteiger partial charge in [-0.25, -0.2) is 0 Å². The Morgan fingerprint density at radius 1 is 1.26 bits per heavy atom. The van der Waals surface area contributed by atoms with Crippen LogP contribution in [-0.4, -0.2) is 44.3 Å². The van der Waals surface area contributed by atoms with E-state index in [0.717, 1.165) is 16.3 Å². The quantitative estimate of drug-likeness (QED) is 0.704. The lowest BCUT2D eigenvalue weighted by Gasteiger charge is -2.13. The molecule has 0 amide bonds. The molecule has 2 heterocycles. The first kappa shape index (κ1) is 16.2. The minimum atomic E-state index is -0.522. The zero-order valence-electron chi connectivity index (χ0n) is 13.6. The van der Waals surface area contributed by atoms with Crippen LogP contribution in [0, 0.1) is 6.92 Å². The largest absolute Gasteiger partial charge is 0.390 e. The molecule has 5 nitrogen and oxygen atoms in total. The van der Waals surface area contributed by atoms with E-state index in [9.17, 15) is 5.11 Å². The van der Waals surface area contributed by atoms with Crippen LogP contribution in [0.15, 0.2) is 35.5 Å². The SMILES string of the molecule is Cc1cc2nnc(SCC(O)COC(C)C)n2c2ccccc12. The number of pyridine rings is 1. The van der Waals surface area contributed by atoms with Crippen LogP contribution in [0.1, 0.15) is 19.4 Å². The minimum Gasteiger partial charge on any atom is -0.390 e. The molecule has 0 bridgehead atoms. The number of aliphatic hydroxyl groups excluding tert-OH is 1. The van der Waals surface area contributed by atoms with Crippen LogP contribution < -0.4 is 0 Å². The molecule has 0 fully saturated rings. The van der Waals surface area contributed by atoms with Crippen molar-refractivity contribution in [3.05, 3.63) is 35.9 Å². The summed E-state index contributed by atoms with van der Waals surface area (Å²) in [5.41, 5.74) is 3.10. The Hall–Kier alpha value is -1.63. The number of aryl methyl sites for hydroxylation is 1. The standard InChI is InChI=1S/C17H21N3O2S/c1-11(2)22-9-13(21)10-23-17-19-18-16-8-12(3)14-6-4-5-7-15(14)20(16)17/h4-8,11,13,21H,9-10H2,1-3H3. The normalized spacial score (nSPS) is 13.3. The van der Waals surface area contributed by atoms with Crippen molar-refractivity contribution in [3.8, 4) is 0 Å². The minimum absolute atomic E-state index is 0.121. The number of para-hydroxylation sites is 1. The maximum atomic E-state index is 10.0. The summed E-state index contributed by atoms with van der Waals surface area (Å²) in [6.45, 7) is 6.33. The molecule has 1 atom stereocenters. The molecule has 0 spiro atoms. The van der Waals surface area contributed by atoms with Gasteiger partial charge in [-0.15, -0.1) is 10.2 Å².